The van der Waals surface area contributed by atoms with Crippen LogP contribution in [0.25, 0.3) is 0 Å². The number of hydrogen-bond donors (Lipinski definition) is 0. The van der Waals surface area contributed by atoms with E-state index < -0.39 is 0 Å². The highest BCUT2D eigenvalue weighted by atomic mass is 32.2. The van der Waals surface area contributed by atoms with Crippen LogP contribution in [0.2, 0.25) is 0 Å². The normalized spacial score (nSPS) is 18.5. The number of nitro groups is 1. The van der Waals surface area contributed by atoms with Crippen LogP contribution in [-0.4, -0.2) is 17.6 Å². The quantitative estimate of drug-likeness (QED) is 0.363. The Labute approximate surface area is 120 Å². The molecule has 2 aromatic rings. The van der Waals surface area contributed by atoms with Gasteiger partial charge in [0.1, 0.15) is 0 Å². The molecule has 2 aromatic carbocycles. The van der Waals surface area contributed by atoms with Crippen molar-refractivity contribution in [2.24, 2.45) is 0 Å². The summed E-state index contributed by atoms with van der Waals surface area (Å²) in [5.74, 6) is 0. The van der Waals surface area contributed by atoms with Gasteiger partial charge in [-0.3, -0.25) is 10.1 Å². The molecule has 2 unspecified atom stereocenters. The molecule has 0 saturated carbocycles. The molecule has 5 heteroatoms. The van der Waals surface area contributed by atoms with Crippen molar-refractivity contribution in [3.63, 3.8) is 0 Å². The third-order valence-corrected chi connectivity index (χ3v) is 4.51. The van der Waals surface area contributed by atoms with Gasteiger partial charge < -0.3 is 4.74 Å². The maximum atomic E-state index is 10.7. The van der Waals surface area contributed by atoms with E-state index in [1.807, 2.05) is 18.2 Å². The topological polar surface area (TPSA) is 55.7 Å². The third-order valence-electron chi connectivity index (χ3n) is 3.14. The number of ether oxygens (including phenoxy) is 1. The number of hydrogen-bond acceptors (Lipinski definition) is 4. The SMILES string of the molecule is O=[N+]([O-])c1ccc(SC(c2ccccc2)C2CO2)cc1. The molecule has 0 bridgehead atoms. The summed E-state index contributed by atoms with van der Waals surface area (Å²) in [4.78, 5) is 11.3. The van der Waals surface area contributed by atoms with E-state index in [9.17, 15) is 10.1 Å². The Hall–Kier alpha value is -1.85. The first-order valence-corrected chi connectivity index (χ1v) is 7.19. The van der Waals surface area contributed by atoms with Gasteiger partial charge in [-0.2, -0.15) is 0 Å². The van der Waals surface area contributed by atoms with E-state index in [1.165, 1.54) is 17.7 Å². The van der Waals surface area contributed by atoms with Gasteiger partial charge in [-0.05, 0) is 17.7 Å². The predicted octanol–water partition coefficient (Wildman–Crippen LogP) is 3.83. The molecule has 0 aromatic heterocycles. The number of thioether (sulfide) groups is 1. The summed E-state index contributed by atoms with van der Waals surface area (Å²) in [5, 5.41) is 10.9. The first-order valence-electron chi connectivity index (χ1n) is 6.32. The Morgan fingerprint density at radius 3 is 2.35 bits per heavy atom. The number of rotatable bonds is 5. The summed E-state index contributed by atoms with van der Waals surface area (Å²) in [5.41, 5.74) is 1.34. The summed E-state index contributed by atoms with van der Waals surface area (Å²) >= 11 is 1.69. The van der Waals surface area contributed by atoms with Crippen molar-refractivity contribution in [2.45, 2.75) is 16.2 Å². The largest absolute Gasteiger partial charge is 0.372 e. The Bertz CT molecular complexity index is 596. The fourth-order valence-corrected chi connectivity index (χ4v) is 3.21. The fourth-order valence-electron chi connectivity index (χ4n) is 2.02. The van der Waals surface area contributed by atoms with Gasteiger partial charge in [0, 0.05) is 17.0 Å². The highest BCUT2D eigenvalue weighted by molar-refractivity contribution is 7.99. The van der Waals surface area contributed by atoms with Gasteiger partial charge in [0.2, 0.25) is 0 Å². The Balaban J connectivity index is 1.78. The minimum atomic E-state index is -0.382. The maximum Gasteiger partial charge on any atom is 0.269 e. The maximum absolute atomic E-state index is 10.7. The molecule has 0 aliphatic carbocycles. The number of epoxide rings is 1. The Morgan fingerprint density at radius 1 is 1.15 bits per heavy atom. The molecule has 1 heterocycles. The van der Waals surface area contributed by atoms with Crippen molar-refractivity contribution < 1.29 is 9.66 Å². The predicted molar refractivity (Wildman–Crippen MR) is 77.9 cm³/mol. The van der Waals surface area contributed by atoms with E-state index in [1.54, 1.807) is 23.9 Å². The monoisotopic (exact) mass is 287 g/mol. The molecule has 1 saturated heterocycles. The van der Waals surface area contributed by atoms with E-state index in [-0.39, 0.29) is 22.0 Å². The molecule has 4 nitrogen and oxygen atoms in total. The molecule has 0 spiro atoms. The summed E-state index contributed by atoms with van der Waals surface area (Å²) in [6.45, 7) is 0.777. The average Bonchev–Trinajstić information content (AvgIpc) is 3.31. The van der Waals surface area contributed by atoms with Gasteiger partial charge in [-0.15, -0.1) is 11.8 Å². The van der Waals surface area contributed by atoms with Crippen LogP contribution in [0.3, 0.4) is 0 Å². The Morgan fingerprint density at radius 2 is 1.80 bits per heavy atom. The molecular formula is C15H13NO3S. The molecule has 102 valence electrons. The number of non-ortho nitro benzene ring substituents is 1. The first-order chi connectivity index (χ1) is 9.74. The van der Waals surface area contributed by atoms with Crippen molar-refractivity contribution in [3.05, 3.63) is 70.3 Å². The van der Waals surface area contributed by atoms with Crippen LogP contribution < -0.4 is 0 Å². The second kappa shape index (κ2) is 5.64. The summed E-state index contributed by atoms with van der Waals surface area (Å²) in [7, 11) is 0. The van der Waals surface area contributed by atoms with E-state index in [0.717, 1.165) is 11.5 Å². The molecule has 3 rings (SSSR count). The molecule has 0 amide bonds. The van der Waals surface area contributed by atoms with E-state index >= 15 is 0 Å². The molecule has 1 aliphatic rings. The molecule has 20 heavy (non-hydrogen) atoms. The second-order valence-corrected chi connectivity index (χ2v) is 5.79. The Kier molecular flexibility index (Phi) is 3.71. The van der Waals surface area contributed by atoms with Crippen molar-refractivity contribution in [3.8, 4) is 0 Å². The first kappa shape index (κ1) is 13.1. The van der Waals surface area contributed by atoms with Gasteiger partial charge in [0.15, 0.2) is 0 Å². The van der Waals surface area contributed by atoms with E-state index in [2.05, 4.69) is 12.1 Å². The van der Waals surface area contributed by atoms with Crippen molar-refractivity contribution >= 4 is 17.4 Å². The average molecular weight is 287 g/mol. The zero-order valence-corrected chi connectivity index (χ0v) is 11.5. The van der Waals surface area contributed by atoms with Crippen LogP contribution in [0, 0.1) is 10.1 Å². The smallest absolute Gasteiger partial charge is 0.269 e. The lowest BCUT2D eigenvalue weighted by Crippen LogP contribution is -2.01. The van der Waals surface area contributed by atoms with Crippen LogP contribution in [0.4, 0.5) is 5.69 Å². The van der Waals surface area contributed by atoms with Gasteiger partial charge in [-0.25, -0.2) is 0 Å². The zero-order chi connectivity index (χ0) is 13.9. The van der Waals surface area contributed by atoms with Crippen molar-refractivity contribution in [1.82, 2.24) is 0 Å². The molecule has 1 fully saturated rings. The van der Waals surface area contributed by atoms with Crippen LogP contribution >= 0.6 is 11.8 Å². The van der Waals surface area contributed by atoms with Gasteiger partial charge in [-0.1, -0.05) is 30.3 Å². The van der Waals surface area contributed by atoms with Crippen LogP contribution in [0.5, 0.6) is 0 Å². The molecule has 0 radical (unpaired) electrons. The molecular weight excluding hydrogens is 274 g/mol. The standard InChI is InChI=1S/C15H13NO3S/c17-16(18)12-6-8-13(9-7-12)20-15(14-10-19-14)11-4-2-1-3-5-11/h1-9,14-15H,10H2. The minimum Gasteiger partial charge on any atom is -0.372 e. The highest BCUT2D eigenvalue weighted by Gasteiger charge is 2.34. The van der Waals surface area contributed by atoms with E-state index in [0.29, 0.717) is 0 Å². The molecule has 0 N–H and O–H groups in total. The number of benzene rings is 2. The number of nitrogens with zero attached hydrogens (tertiary/aromatic N) is 1. The lowest BCUT2D eigenvalue weighted by Gasteiger charge is -2.14. The fraction of sp³-hybridized carbons (Fsp3) is 0.200. The molecule has 2 atom stereocenters. The van der Waals surface area contributed by atoms with Crippen LogP contribution in [0.1, 0.15) is 10.8 Å². The minimum absolute atomic E-state index is 0.119. The van der Waals surface area contributed by atoms with Crippen molar-refractivity contribution in [1.29, 1.82) is 0 Å². The second-order valence-electron chi connectivity index (χ2n) is 4.57. The zero-order valence-electron chi connectivity index (χ0n) is 10.6. The van der Waals surface area contributed by atoms with Crippen LogP contribution in [-0.2, 0) is 4.74 Å². The summed E-state index contributed by atoms with van der Waals surface area (Å²) in [6.07, 6.45) is 0.234. The summed E-state index contributed by atoms with van der Waals surface area (Å²) in [6, 6.07) is 16.9. The van der Waals surface area contributed by atoms with E-state index in [4.69, 9.17) is 4.74 Å². The number of nitro benzene ring substituents is 1. The van der Waals surface area contributed by atoms with Gasteiger partial charge >= 0.3 is 0 Å². The molecule has 1 aliphatic heterocycles. The van der Waals surface area contributed by atoms with Crippen LogP contribution in [0.15, 0.2) is 59.5 Å². The third kappa shape index (κ3) is 3.00. The van der Waals surface area contributed by atoms with Gasteiger partial charge in [0.25, 0.3) is 5.69 Å². The lowest BCUT2D eigenvalue weighted by atomic mass is 10.1. The van der Waals surface area contributed by atoms with Gasteiger partial charge in [0.05, 0.1) is 22.9 Å². The highest BCUT2D eigenvalue weighted by Crippen LogP contribution is 2.43. The lowest BCUT2D eigenvalue weighted by molar-refractivity contribution is -0.384. The van der Waals surface area contributed by atoms with Crippen molar-refractivity contribution in [2.75, 3.05) is 6.61 Å². The summed E-state index contributed by atoms with van der Waals surface area (Å²) < 4.78 is 5.43.